The van der Waals surface area contributed by atoms with Gasteiger partial charge in [-0.25, -0.2) is 0 Å². The molecule has 0 atom stereocenters. The van der Waals surface area contributed by atoms with Gasteiger partial charge in [0, 0.05) is 61.6 Å². The largest absolute Gasteiger partial charge is 0.457 e. The van der Waals surface area contributed by atoms with E-state index in [1.165, 1.54) is 11.1 Å². The molecule has 2 aromatic heterocycles. The highest BCUT2D eigenvalue weighted by molar-refractivity contribution is 5.71. The van der Waals surface area contributed by atoms with Crippen LogP contribution in [0.1, 0.15) is 11.1 Å². The second kappa shape index (κ2) is 8.98. The van der Waals surface area contributed by atoms with Gasteiger partial charge in [0.25, 0.3) is 0 Å². The van der Waals surface area contributed by atoms with Crippen molar-refractivity contribution in [2.24, 2.45) is 0 Å². The Kier molecular flexibility index (Phi) is 5.58. The molecule has 0 spiro atoms. The Labute approximate surface area is 182 Å². The van der Waals surface area contributed by atoms with Crippen molar-refractivity contribution in [1.29, 1.82) is 0 Å². The van der Waals surface area contributed by atoms with Crippen LogP contribution in [0.5, 0.6) is 11.5 Å². The van der Waals surface area contributed by atoms with E-state index in [9.17, 15) is 0 Å². The Morgan fingerprint density at radius 3 is 2.61 bits per heavy atom. The topological polar surface area (TPSA) is 50.3 Å². The Balaban J connectivity index is 1.39. The van der Waals surface area contributed by atoms with Crippen molar-refractivity contribution >= 4 is 5.69 Å². The molecule has 0 fully saturated rings. The number of fused-ring (bicyclic) bond motifs is 1. The van der Waals surface area contributed by atoms with E-state index in [4.69, 9.17) is 9.72 Å². The first-order valence-electron chi connectivity index (χ1n) is 10.5. The minimum absolute atomic E-state index is 0.800. The van der Waals surface area contributed by atoms with Crippen molar-refractivity contribution in [3.8, 4) is 22.8 Å². The molecular weight excluding hydrogens is 384 g/mol. The fourth-order valence-electron chi connectivity index (χ4n) is 3.85. The van der Waals surface area contributed by atoms with Gasteiger partial charge < -0.3 is 10.1 Å². The number of hydrogen-bond donors (Lipinski definition) is 1. The van der Waals surface area contributed by atoms with Crippen molar-refractivity contribution in [3.05, 3.63) is 103 Å². The summed E-state index contributed by atoms with van der Waals surface area (Å²) in [6.45, 7) is 3.63. The minimum atomic E-state index is 0.800. The van der Waals surface area contributed by atoms with Gasteiger partial charge in [-0.2, -0.15) is 0 Å². The van der Waals surface area contributed by atoms with E-state index in [0.717, 1.165) is 54.6 Å². The average molecular weight is 409 g/mol. The van der Waals surface area contributed by atoms with Gasteiger partial charge in [0.2, 0.25) is 0 Å². The third-order valence-electron chi connectivity index (χ3n) is 5.41. The quantitative estimate of drug-likeness (QED) is 0.482. The Bertz CT molecular complexity index is 1150. The van der Waals surface area contributed by atoms with Crippen LogP contribution in [0.15, 0.2) is 91.4 Å². The van der Waals surface area contributed by atoms with Gasteiger partial charge in [-0.15, -0.1) is 0 Å². The SMILES string of the molecule is c1ccc(Oc2ccccc2-c2cc3c(cn2)CN(Cc2ccncc2)CCN3)cc1. The van der Waals surface area contributed by atoms with Gasteiger partial charge >= 0.3 is 0 Å². The van der Waals surface area contributed by atoms with E-state index in [-0.39, 0.29) is 0 Å². The highest BCUT2D eigenvalue weighted by atomic mass is 16.5. The summed E-state index contributed by atoms with van der Waals surface area (Å²) in [5.74, 6) is 1.61. The molecule has 3 heterocycles. The Hall–Kier alpha value is -3.70. The number of hydrogen-bond acceptors (Lipinski definition) is 5. The van der Waals surface area contributed by atoms with Crippen molar-refractivity contribution in [2.75, 3.05) is 18.4 Å². The number of aromatic nitrogens is 2. The lowest BCUT2D eigenvalue weighted by Gasteiger charge is -2.19. The van der Waals surface area contributed by atoms with Crippen molar-refractivity contribution in [3.63, 3.8) is 0 Å². The van der Waals surface area contributed by atoms with E-state index < -0.39 is 0 Å². The number of ether oxygens (including phenoxy) is 1. The molecule has 5 heteroatoms. The zero-order valence-corrected chi connectivity index (χ0v) is 17.2. The lowest BCUT2D eigenvalue weighted by molar-refractivity contribution is 0.271. The molecular formula is C26H24N4O. The molecule has 0 saturated heterocycles. The molecule has 5 rings (SSSR count). The summed E-state index contributed by atoms with van der Waals surface area (Å²) in [5.41, 5.74) is 5.50. The molecule has 1 aliphatic heterocycles. The highest BCUT2D eigenvalue weighted by Gasteiger charge is 2.17. The lowest BCUT2D eigenvalue weighted by Crippen LogP contribution is -2.25. The zero-order chi connectivity index (χ0) is 20.9. The molecule has 154 valence electrons. The van der Waals surface area contributed by atoms with Gasteiger partial charge in [0.1, 0.15) is 11.5 Å². The monoisotopic (exact) mass is 408 g/mol. The maximum atomic E-state index is 6.14. The molecule has 0 aliphatic carbocycles. The van der Waals surface area contributed by atoms with E-state index >= 15 is 0 Å². The van der Waals surface area contributed by atoms with Crippen LogP contribution < -0.4 is 10.1 Å². The maximum absolute atomic E-state index is 6.14. The summed E-state index contributed by atoms with van der Waals surface area (Å²) in [6, 6.07) is 24.2. The Morgan fingerprint density at radius 1 is 0.935 bits per heavy atom. The molecule has 1 aliphatic rings. The molecule has 1 N–H and O–H groups in total. The number of nitrogens with zero attached hydrogens (tertiary/aromatic N) is 3. The minimum Gasteiger partial charge on any atom is -0.457 e. The Morgan fingerprint density at radius 2 is 1.74 bits per heavy atom. The first-order valence-corrected chi connectivity index (χ1v) is 10.5. The van der Waals surface area contributed by atoms with Crippen molar-refractivity contribution < 1.29 is 4.74 Å². The summed E-state index contributed by atoms with van der Waals surface area (Å²) in [7, 11) is 0. The number of pyridine rings is 2. The molecule has 31 heavy (non-hydrogen) atoms. The van der Waals surface area contributed by atoms with Crippen LogP contribution in [0.3, 0.4) is 0 Å². The molecule has 0 bridgehead atoms. The number of rotatable bonds is 5. The molecule has 2 aromatic carbocycles. The zero-order valence-electron chi connectivity index (χ0n) is 17.2. The van der Waals surface area contributed by atoms with Crippen LogP contribution in [0.2, 0.25) is 0 Å². The third-order valence-corrected chi connectivity index (χ3v) is 5.41. The van der Waals surface area contributed by atoms with Crippen LogP contribution in [-0.4, -0.2) is 28.0 Å². The average Bonchev–Trinajstić information content (AvgIpc) is 3.02. The van der Waals surface area contributed by atoms with Gasteiger partial charge in [-0.3, -0.25) is 14.9 Å². The highest BCUT2D eigenvalue weighted by Crippen LogP contribution is 2.34. The molecule has 0 unspecified atom stereocenters. The van der Waals surface area contributed by atoms with Crippen LogP contribution in [0, 0.1) is 0 Å². The number of para-hydroxylation sites is 2. The van der Waals surface area contributed by atoms with Crippen molar-refractivity contribution in [2.45, 2.75) is 13.1 Å². The molecule has 0 amide bonds. The van der Waals surface area contributed by atoms with Gasteiger partial charge in [0.05, 0.1) is 5.69 Å². The summed E-state index contributed by atoms with van der Waals surface area (Å²) < 4.78 is 6.14. The third kappa shape index (κ3) is 4.57. The van der Waals surface area contributed by atoms with E-state index in [1.807, 2.05) is 67.1 Å². The van der Waals surface area contributed by atoms with E-state index in [2.05, 4.69) is 39.5 Å². The predicted molar refractivity (Wildman–Crippen MR) is 123 cm³/mol. The van der Waals surface area contributed by atoms with Gasteiger partial charge in [0.15, 0.2) is 0 Å². The summed E-state index contributed by atoms with van der Waals surface area (Å²) in [6.07, 6.45) is 5.69. The number of anilines is 1. The standard InChI is InChI=1S/C26H24N4O/c1-2-6-22(7-3-1)31-26-9-5-4-8-23(26)25-16-24-21(17-29-25)19-30(15-14-28-24)18-20-10-12-27-13-11-20/h1-13,16-17,28H,14-15,18-19H2. The van der Waals surface area contributed by atoms with Crippen LogP contribution >= 0.6 is 0 Å². The maximum Gasteiger partial charge on any atom is 0.136 e. The molecule has 4 aromatic rings. The molecule has 5 nitrogen and oxygen atoms in total. The van der Waals surface area contributed by atoms with Gasteiger partial charge in [-0.05, 0) is 48.0 Å². The summed E-state index contributed by atoms with van der Waals surface area (Å²) in [4.78, 5) is 11.3. The van der Waals surface area contributed by atoms with Crippen LogP contribution in [-0.2, 0) is 13.1 Å². The lowest BCUT2D eigenvalue weighted by atomic mass is 10.1. The van der Waals surface area contributed by atoms with Crippen molar-refractivity contribution in [1.82, 2.24) is 14.9 Å². The summed E-state index contributed by atoms with van der Waals surface area (Å²) >= 11 is 0. The van der Waals surface area contributed by atoms with Crippen LogP contribution in [0.25, 0.3) is 11.3 Å². The normalized spacial score (nSPS) is 13.7. The van der Waals surface area contributed by atoms with E-state index in [0.29, 0.717) is 0 Å². The predicted octanol–water partition coefficient (Wildman–Crippen LogP) is 5.36. The number of nitrogens with one attached hydrogen (secondary N) is 1. The van der Waals surface area contributed by atoms with Gasteiger partial charge in [-0.1, -0.05) is 30.3 Å². The van der Waals surface area contributed by atoms with Crippen LogP contribution in [0.4, 0.5) is 5.69 Å². The fourth-order valence-corrected chi connectivity index (χ4v) is 3.85. The fraction of sp³-hybridized carbons (Fsp3) is 0.154. The van der Waals surface area contributed by atoms with E-state index in [1.54, 1.807) is 0 Å². The second-order valence-corrected chi connectivity index (χ2v) is 7.63. The first-order chi connectivity index (χ1) is 15.3. The molecule has 0 saturated carbocycles. The first kappa shape index (κ1) is 19.3. The number of benzene rings is 2. The second-order valence-electron chi connectivity index (χ2n) is 7.63. The smallest absolute Gasteiger partial charge is 0.136 e. The summed E-state index contributed by atoms with van der Waals surface area (Å²) in [5, 5.41) is 3.59. The molecule has 0 radical (unpaired) electrons.